The minimum atomic E-state index is -0.771. The molecule has 1 N–H and O–H groups in total. The first-order chi connectivity index (χ1) is 11.6. The Morgan fingerprint density at radius 1 is 1.25 bits per heavy atom. The second-order valence-corrected chi connectivity index (χ2v) is 9.49. The summed E-state index contributed by atoms with van der Waals surface area (Å²) in [5, 5.41) is 9.08. The van der Waals surface area contributed by atoms with Crippen LogP contribution < -0.4 is 0 Å². The summed E-state index contributed by atoms with van der Waals surface area (Å²) in [6, 6.07) is 7.93. The zero-order valence-electron chi connectivity index (χ0n) is 13.9. The van der Waals surface area contributed by atoms with Gasteiger partial charge in [0.2, 0.25) is 0 Å². The van der Waals surface area contributed by atoms with Crippen molar-refractivity contribution >= 4 is 55.2 Å². The number of fused-ring (bicyclic) bond motifs is 1. The molecule has 3 nitrogen and oxygen atoms in total. The van der Waals surface area contributed by atoms with Crippen molar-refractivity contribution in [3.05, 3.63) is 24.3 Å². The monoisotopic (exact) mass is 429 g/mol. The predicted octanol–water partition coefficient (Wildman–Crippen LogP) is 6.36. The molecule has 2 unspecified atom stereocenters. The number of benzene rings is 1. The van der Waals surface area contributed by atoms with Crippen LogP contribution in [0.3, 0.4) is 0 Å². The molecule has 2 aromatic rings. The van der Waals surface area contributed by atoms with Crippen molar-refractivity contribution in [2.45, 2.75) is 66.3 Å². The van der Waals surface area contributed by atoms with Gasteiger partial charge in [0, 0.05) is 4.83 Å². The molecular weight excluding hydrogens is 406 g/mol. The number of hydrogen-bond donors (Lipinski definition) is 1. The highest BCUT2D eigenvalue weighted by molar-refractivity contribution is 9.09. The molecule has 0 fully saturated rings. The number of aromatic nitrogens is 1. The van der Waals surface area contributed by atoms with Gasteiger partial charge in [-0.25, -0.2) is 4.98 Å². The SMILES string of the molecule is CCCCCCCCC(Br)C(Sc1nc2ccccc2s1)C(=O)O. The molecule has 0 spiro atoms. The highest BCUT2D eigenvalue weighted by atomic mass is 79.9. The number of carbonyl (C=O) groups is 1. The number of thioether (sulfide) groups is 1. The molecule has 2 atom stereocenters. The normalized spacial score (nSPS) is 13.9. The lowest BCUT2D eigenvalue weighted by Gasteiger charge is -2.17. The summed E-state index contributed by atoms with van der Waals surface area (Å²) < 4.78 is 1.93. The van der Waals surface area contributed by atoms with E-state index in [4.69, 9.17) is 0 Å². The fourth-order valence-electron chi connectivity index (χ4n) is 2.56. The number of alkyl halides is 1. The molecule has 0 aliphatic carbocycles. The molecule has 2 rings (SSSR count). The number of unbranched alkanes of at least 4 members (excludes halogenated alkanes) is 5. The number of carboxylic acid groups (broad SMARTS) is 1. The number of para-hydroxylation sites is 1. The Morgan fingerprint density at radius 2 is 1.96 bits per heavy atom. The zero-order valence-corrected chi connectivity index (χ0v) is 17.1. The summed E-state index contributed by atoms with van der Waals surface area (Å²) in [5.41, 5.74) is 0.941. The molecule has 0 saturated heterocycles. The molecule has 0 aliphatic heterocycles. The molecule has 1 heterocycles. The van der Waals surface area contributed by atoms with E-state index < -0.39 is 11.2 Å². The largest absolute Gasteiger partial charge is 0.480 e. The average Bonchev–Trinajstić information content (AvgIpc) is 2.98. The first kappa shape index (κ1) is 19.7. The van der Waals surface area contributed by atoms with Gasteiger partial charge < -0.3 is 5.11 Å². The standard InChI is InChI=1S/C18H24BrNO2S2/c1-2-3-4-5-6-7-10-13(19)16(17(21)22)24-18-20-14-11-8-9-12-15(14)23-18/h8-9,11-13,16H,2-7,10H2,1H3,(H,21,22). The van der Waals surface area contributed by atoms with Crippen molar-refractivity contribution in [2.24, 2.45) is 0 Å². The van der Waals surface area contributed by atoms with Gasteiger partial charge in [-0.3, -0.25) is 4.79 Å². The van der Waals surface area contributed by atoms with E-state index in [0.717, 1.165) is 27.4 Å². The maximum absolute atomic E-state index is 11.7. The highest BCUT2D eigenvalue weighted by Gasteiger charge is 2.28. The highest BCUT2D eigenvalue weighted by Crippen LogP contribution is 2.36. The molecule has 24 heavy (non-hydrogen) atoms. The molecule has 6 heteroatoms. The van der Waals surface area contributed by atoms with Gasteiger partial charge in [0.1, 0.15) is 5.25 Å². The first-order valence-corrected chi connectivity index (χ1v) is 11.1. The van der Waals surface area contributed by atoms with Crippen LogP contribution in [0.15, 0.2) is 28.6 Å². The van der Waals surface area contributed by atoms with Crippen LogP contribution in [0.2, 0.25) is 0 Å². The maximum Gasteiger partial charge on any atom is 0.318 e. The third-order valence-corrected chi connectivity index (χ3v) is 7.69. The van der Waals surface area contributed by atoms with Crippen LogP contribution in [-0.4, -0.2) is 26.1 Å². The number of thiazole rings is 1. The maximum atomic E-state index is 11.7. The molecular formula is C18H24BrNO2S2. The van der Waals surface area contributed by atoms with Crippen molar-refractivity contribution in [3.63, 3.8) is 0 Å². The van der Waals surface area contributed by atoms with Crippen LogP contribution in [0.1, 0.15) is 51.9 Å². The van der Waals surface area contributed by atoms with E-state index in [1.54, 1.807) is 11.3 Å². The van der Waals surface area contributed by atoms with E-state index in [1.807, 2.05) is 24.3 Å². The molecule has 0 amide bonds. The average molecular weight is 430 g/mol. The zero-order chi connectivity index (χ0) is 17.4. The fraction of sp³-hybridized carbons (Fsp3) is 0.556. The van der Waals surface area contributed by atoms with Gasteiger partial charge in [-0.05, 0) is 18.6 Å². The van der Waals surface area contributed by atoms with Gasteiger partial charge in [-0.15, -0.1) is 11.3 Å². The van der Waals surface area contributed by atoms with Gasteiger partial charge in [0.05, 0.1) is 10.2 Å². The third-order valence-electron chi connectivity index (χ3n) is 3.91. The number of hydrogen-bond acceptors (Lipinski definition) is 4. The lowest BCUT2D eigenvalue weighted by molar-refractivity contribution is -0.136. The van der Waals surface area contributed by atoms with Crippen LogP contribution >= 0.6 is 39.0 Å². The van der Waals surface area contributed by atoms with Gasteiger partial charge in [-0.1, -0.05) is 85.3 Å². The smallest absolute Gasteiger partial charge is 0.318 e. The van der Waals surface area contributed by atoms with Crippen molar-refractivity contribution in [1.29, 1.82) is 0 Å². The second-order valence-electron chi connectivity index (χ2n) is 5.90. The molecule has 0 bridgehead atoms. The summed E-state index contributed by atoms with van der Waals surface area (Å²) in [7, 11) is 0. The topological polar surface area (TPSA) is 50.2 Å². The third kappa shape index (κ3) is 6.05. The summed E-state index contributed by atoms with van der Waals surface area (Å²) in [5.74, 6) is -0.771. The van der Waals surface area contributed by atoms with E-state index in [0.29, 0.717) is 0 Å². The molecule has 1 aromatic carbocycles. The number of carboxylic acids is 1. The lowest BCUT2D eigenvalue weighted by atomic mass is 10.1. The summed E-state index contributed by atoms with van der Waals surface area (Å²) in [4.78, 5) is 16.2. The Bertz CT molecular complexity index is 614. The number of nitrogens with zero attached hydrogens (tertiary/aromatic N) is 1. The molecule has 0 radical (unpaired) electrons. The summed E-state index contributed by atoms with van der Waals surface area (Å²) >= 11 is 6.53. The Kier molecular flexibility index (Phi) is 8.56. The van der Waals surface area contributed by atoms with E-state index in [9.17, 15) is 9.90 Å². The van der Waals surface area contributed by atoms with Crippen LogP contribution in [0, 0.1) is 0 Å². The Balaban J connectivity index is 1.87. The quantitative estimate of drug-likeness (QED) is 0.256. The van der Waals surface area contributed by atoms with Crippen LogP contribution in [-0.2, 0) is 4.79 Å². The molecule has 0 saturated carbocycles. The fourth-order valence-corrected chi connectivity index (χ4v) is 5.66. The minimum absolute atomic E-state index is 0.0295. The van der Waals surface area contributed by atoms with Crippen molar-refractivity contribution in [1.82, 2.24) is 4.98 Å². The number of rotatable bonds is 11. The van der Waals surface area contributed by atoms with Gasteiger partial charge >= 0.3 is 5.97 Å². The Morgan fingerprint density at radius 3 is 2.67 bits per heavy atom. The molecule has 1 aromatic heterocycles. The Labute approximate surface area is 160 Å². The van der Waals surface area contributed by atoms with Crippen LogP contribution in [0.4, 0.5) is 0 Å². The Hall–Kier alpha value is -0.590. The minimum Gasteiger partial charge on any atom is -0.480 e. The van der Waals surface area contributed by atoms with Gasteiger partial charge in [0.15, 0.2) is 4.34 Å². The van der Waals surface area contributed by atoms with E-state index in [1.165, 1.54) is 43.9 Å². The van der Waals surface area contributed by atoms with Crippen molar-refractivity contribution in [2.75, 3.05) is 0 Å². The van der Waals surface area contributed by atoms with Crippen molar-refractivity contribution < 1.29 is 9.90 Å². The van der Waals surface area contributed by atoms with Gasteiger partial charge in [-0.2, -0.15) is 0 Å². The second kappa shape index (κ2) is 10.4. The summed E-state index contributed by atoms with van der Waals surface area (Å²) in [6.45, 7) is 2.21. The first-order valence-electron chi connectivity index (χ1n) is 8.51. The molecule has 0 aliphatic rings. The lowest BCUT2D eigenvalue weighted by Crippen LogP contribution is -2.26. The summed E-state index contributed by atoms with van der Waals surface area (Å²) in [6.07, 6.45) is 8.22. The van der Waals surface area contributed by atoms with Gasteiger partial charge in [0.25, 0.3) is 0 Å². The van der Waals surface area contributed by atoms with Crippen LogP contribution in [0.25, 0.3) is 10.2 Å². The van der Waals surface area contributed by atoms with E-state index >= 15 is 0 Å². The predicted molar refractivity (Wildman–Crippen MR) is 108 cm³/mol. The van der Waals surface area contributed by atoms with E-state index in [-0.39, 0.29) is 4.83 Å². The number of aliphatic carboxylic acids is 1. The van der Waals surface area contributed by atoms with E-state index in [2.05, 4.69) is 27.8 Å². The van der Waals surface area contributed by atoms with Crippen LogP contribution in [0.5, 0.6) is 0 Å². The molecule has 132 valence electrons. The van der Waals surface area contributed by atoms with Crippen molar-refractivity contribution in [3.8, 4) is 0 Å². The number of halogens is 1.